The highest BCUT2D eigenvalue weighted by Crippen LogP contribution is 2.44. The second-order valence-corrected chi connectivity index (χ2v) is 4.92. The average Bonchev–Trinajstić information content (AvgIpc) is 2.73. The van der Waals surface area contributed by atoms with E-state index >= 15 is 0 Å². The van der Waals surface area contributed by atoms with Crippen LogP contribution in [0.15, 0.2) is 53.9 Å². The van der Waals surface area contributed by atoms with E-state index in [1.807, 2.05) is 37.4 Å². The van der Waals surface area contributed by atoms with Crippen LogP contribution in [0.2, 0.25) is 0 Å². The van der Waals surface area contributed by atoms with Crippen LogP contribution in [-0.4, -0.2) is 11.7 Å². The van der Waals surface area contributed by atoms with Crippen molar-refractivity contribution in [2.45, 2.75) is 13.3 Å². The summed E-state index contributed by atoms with van der Waals surface area (Å²) in [6.07, 6.45) is 8.33. The Bertz CT molecular complexity index is 680. The normalized spacial score (nSPS) is 20.4. The molecule has 0 spiro atoms. The van der Waals surface area contributed by atoms with Crippen molar-refractivity contribution in [1.29, 1.82) is 0 Å². The Labute approximate surface area is 117 Å². The van der Waals surface area contributed by atoms with Crippen molar-refractivity contribution < 1.29 is 9.50 Å². The lowest BCUT2D eigenvalue weighted by atomic mass is 10.0. The molecule has 3 rings (SSSR count). The summed E-state index contributed by atoms with van der Waals surface area (Å²) in [4.78, 5) is 0. The van der Waals surface area contributed by atoms with Crippen molar-refractivity contribution in [2.24, 2.45) is 0 Å². The highest BCUT2D eigenvalue weighted by molar-refractivity contribution is 6.01. The number of allylic oxidation sites excluding steroid dienone is 5. The molecule has 0 amide bonds. The van der Waals surface area contributed by atoms with Gasteiger partial charge in [-0.1, -0.05) is 12.1 Å². The molecule has 1 aliphatic carbocycles. The zero-order chi connectivity index (χ0) is 14.1. The van der Waals surface area contributed by atoms with Crippen molar-refractivity contribution in [1.82, 2.24) is 5.32 Å². The highest BCUT2D eigenvalue weighted by atomic mass is 19.1. The maximum absolute atomic E-state index is 13.5. The molecule has 0 saturated carbocycles. The molecule has 102 valence electrons. The van der Waals surface area contributed by atoms with Gasteiger partial charge in [0.15, 0.2) is 0 Å². The molecule has 1 aliphatic heterocycles. The molecule has 2 nitrogen and oxygen atoms in total. The summed E-state index contributed by atoms with van der Waals surface area (Å²) in [7, 11) is 0. The lowest BCUT2D eigenvalue weighted by Crippen LogP contribution is -2.07. The summed E-state index contributed by atoms with van der Waals surface area (Å²) in [6, 6.07) is 4.85. The first-order valence-electron chi connectivity index (χ1n) is 6.67. The van der Waals surface area contributed by atoms with Gasteiger partial charge in [-0.15, -0.1) is 0 Å². The van der Waals surface area contributed by atoms with E-state index in [0.29, 0.717) is 6.42 Å². The van der Waals surface area contributed by atoms with Gasteiger partial charge in [-0.05, 0) is 59.9 Å². The monoisotopic (exact) mass is 269 g/mol. The Balaban J connectivity index is 2.22. The number of dihydropyridines is 1. The van der Waals surface area contributed by atoms with Gasteiger partial charge >= 0.3 is 0 Å². The largest absolute Gasteiger partial charge is 0.396 e. The third kappa shape index (κ3) is 2.00. The zero-order valence-corrected chi connectivity index (χ0v) is 11.3. The molecule has 0 aromatic heterocycles. The molecule has 20 heavy (non-hydrogen) atoms. The van der Waals surface area contributed by atoms with Crippen molar-refractivity contribution in [3.8, 4) is 0 Å². The van der Waals surface area contributed by atoms with E-state index in [1.165, 1.54) is 6.07 Å². The molecule has 0 saturated heterocycles. The number of fused-ring (bicyclic) bond motifs is 1. The smallest absolute Gasteiger partial charge is 0.123 e. The lowest BCUT2D eigenvalue weighted by Gasteiger charge is -2.12. The quantitative estimate of drug-likeness (QED) is 0.862. The second-order valence-electron chi connectivity index (χ2n) is 4.92. The minimum Gasteiger partial charge on any atom is -0.396 e. The summed E-state index contributed by atoms with van der Waals surface area (Å²) >= 11 is 0. The molecule has 2 N–H and O–H groups in total. The number of aliphatic hydroxyl groups is 1. The van der Waals surface area contributed by atoms with Crippen LogP contribution in [0, 0.1) is 5.82 Å². The predicted octanol–water partition coefficient (Wildman–Crippen LogP) is 3.38. The zero-order valence-electron chi connectivity index (χ0n) is 11.3. The Morgan fingerprint density at radius 2 is 2.05 bits per heavy atom. The minimum atomic E-state index is -0.245. The van der Waals surface area contributed by atoms with Crippen molar-refractivity contribution >= 4 is 11.1 Å². The number of rotatable bonds is 2. The fraction of sp³-hybridized carbons (Fsp3) is 0.176. The summed E-state index contributed by atoms with van der Waals surface area (Å²) in [6.45, 7) is 2.09. The molecular formula is C17H16FNO. The van der Waals surface area contributed by atoms with Crippen LogP contribution in [0.1, 0.15) is 24.5 Å². The number of hydrogen-bond donors (Lipinski definition) is 2. The van der Waals surface area contributed by atoms with Crippen LogP contribution in [0.4, 0.5) is 4.39 Å². The molecule has 0 bridgehead atoms. The van der Waals surface area contributed by atoms with Gasteiger partial charge in [0.05, 0.1) is 0 Å². The SMILES string of the molecule is CC1=C(CCO)c2cc(F)ccc2C1=C1C=CC=CN1. The first kappa shape index (κ1) is 12.9. The van der Waals surface area contributed by atoms with Gasteiger partial charge < -0.3 is 10.4 Å². The van der Waals surface area contributed by atoms with E-state index < -0.39 is 0 Å². The Morgan fingerprint density at radius 3 is 2.75 bits per heavy atom. The third-order valence-electron chi connectivity index (χ3n) is 3.74. The van der Waals surface area contributed by atoms with Gasteiger partial charge in [0, 0.05) is 24.1 Å². The topological polar surface area (TPSA) is 32.3 Å². The van der Waals surface area contributed by atoms with Crippen LogP contribution in [0.5, 0.6) is 0 Å². The van der Waals surface area contributed by atoms with Crippen LogP contribution < -0.4 is 5.32 Å². The van der Waals surface area contributed by atoms with E-state index in [4.69, 9.17) is 0 Å². The van der Waals surface area contributed by atoms with Gasteiger partial charge in [0.2, 0.25) is 0 Å². The molecule has 0 atom stereocenters. The number of benzene rings is 1. The Morgan fingerprint density at radius 1 is 1.20 bits per heavy atom. The fourth-order valence-corrected chi connectivity index (χ4v) is 2.87. The molecule has 0 fully saturated rings. The van der Waals surface area contributed by atoms with E-state index in [1.54, 1.807) is 6.07 Å². The predicted molar refractivity (Wildman–Crippen MR) is 79.0 cm³/mol. The Kier molecular flexibility index (Phi) is 3.28. The summed E-state index contributed by atoms with van der Waals surface area (Å²) in [5.74, 6) is -0.245. The molecule has 1 heterocycles. The van der Waals surface area contributed by atoms with Gasteiger partial charge in [-0.25, -0.2) is 4.39 Å². The van der Waals surface area contributed by atoms with Crippen molar-refractivity contribution in [3.63, 3.8) is 0 Å². The van der Waals surface area contributed by atoms with E-state index in [2.05, 4.69) is 5.32 Å². The first-order valence-corrected chi connectivity index (χ1v) is 6.67. The van der Waals surface area contributed by atoms with Crippen LogP contribution in [0.3, 0.4) is 0 Å². The summed E-state index contributed by atoms with van der Waals surface area (Å²) in [5.41, 5.74) is 6.13. The maximum atomic E-state index is 13.5. The molecule has 1 aromatic carbocycles. The fourth-order valence-electron chi connectivity index (χ4n) is 2.87. The number of hydrogen-bond acceptors (Lipinski definition) is 2. The van der Waals surface area contributed by atoms with E-state index in [0.717, 1.165) is 33.5 Å². The maximum Gasteiger partial charge on any atom is 0.123 e. The first-order chi connectivity index (χ1) is 9.72. The minimum absolute atomic E-state index is 0.0639. The van der Waals surface area contributed by atoms with Crippen LogP contribution in [0.25, 0.3) is 11.1 Å². The van der Waals surface area contributed by atoms with Gasteiger partial charge in [0.25, 0.3) is 0 Å². The van der Waals surface area contributed by atoms with Crippen LogP contribution >= 0.6 is 0 Å². The summed E-state index contributed by atoms with van der Waals surface area (Å²) < 4.78 is 13.5. The number of halogens is 1. The van der Waals surface area contributed by atoms with Gasteiger partial charge in [0.1, 0.15) is 5.82 Å². The molecule has 3 heteroatoms. The number of aliphatic hydroxyl groups excluding tert-OH is 1. The molecule has 2 aliphatic rings. The molecular weight excluding hydrogens is 253 g/mol. The lowest BCUT2D eigenvalue weighted by molar-refractivity contribution is 0.305. The average molecular weight is 269 g/mol. The summed E-state index contributed by atoms with van der Waals surface area (Å²) in [5, 5.41) is 12.5. The number of nitrogens with one attached hydrogen (secondary N) is 1. The van der Waals surface area contributed by atoms with Gasteiger partial charge in [-0.2, -0.15) is 0 Å². The van der Waals surface area contributed by atoms with E-state index in [9.17, 15) is 9.50 Å². The Hall–Kier alpha value is -2.13. The second kappa shape index (κ2) is 5.10. The molecule has 0 radical (unpaired) electrons. The molecule has 1 aromatic rings. The highest BCUT2D eigenvalue weighted by Gasteiger charge is 2.25. The van der Waals surface area contributed by atoms with Gasteiger partial charge in [-0.3, -0.25) is 0 Å². The van der Waals surface area contributed by atoms with E-state index in [-0.39, 0.29) is 12.4 Å². The van der Waals surface area contributed by atoms with Crippen molar-refractivity contribution in [2.75, 3.05) is 6.61 Å². The third-order valence-corrected chi connectivity index (χ3v) is 3.74. The standard InChI is InChI=1S/C17H16FNO/c1-11-13(7-9-20)15-10-12(18)5-6-14(15)17(11)16-4-2-3-8-19-16/h2-6,8,10,19-20H,7,9H2,1H3. The molecule has 0 unspecified atom stereocenters. The van der Waals surface area contributed by atoms with Crippen molar-refractivity contribution in [3.05, 3.63) is 70.8 Å². The van der Waals surface area contributed by atoms with Crippen LogP contribution in [-0.2, 0) is 0 Å².